The van der Waals surface area contributed by atoms with Crippen molar-refractivity contribution in [3.63, 3.8) is 0 Å². The van der Waals surface area contributed by atoms with Gasteiger partial charge in [-0.15, -0.1) is 0 Å². The molecule has 214 valence electrons. The van der Waals surface area contributed by atoms with E-state index in [2.05, 4.69) is 52.6 Å². The molecule has 0 spiro atoms. The summed E-state index contributed by atoms with van der Waals surface area (Å²) in [5.41, 5.74) is 4.24. The van der Waals surface area contributed by atoms with Crippen LogP contribution in [0.5, 0.6) is 0 Å². The Bertz CT molecular complexity index is 2220. The summed E-state index contributed by atoms with van der Waals surface area (Å²) in [5.74, 6) is -0.177. The lowest BCUT2D eigenvalue weighted by molar-refractivity contribution is -0.184. The molecular formula is C35H30N4O4. The SMILES string of the molecule is CO[C@]1(C)[C@@H](N(C)C(=O)c2ccccc2)[C@H]2O[C@@]1(C)n1c3ccccc3c3c4c(c5c6ccccc6n2c5c31)C(=O)NC4. The molecule has 0 unspecified atom stereocenters. The van der Waals surface area contributed by atoms with Crippen LogP contribution in [-0.4, -0.2) is 51.6 Å². The molecule has 0 aliphatic carbocycles. The third kappa shape index (κ3) is 2.70. The highest BCUT2D eigenvalue weighted by Crippen LogP contribution is 2.59. The molecule has 4 atom stereocenters. The molecule has 6 aromatic rings. The van der Waals surface area contributed by atoms with Crippen molar-refractivity contribution in [2.75, 3.05) is 14.2 Å². The van der Waals surface area contributed by atoms with Crippen LogP contribution in [0.4, 0.5) is 0 Å². The Kier molecular flexibility index (Phi) is 4.65. The minimum atomic E-state index is -1.03. The first-order valence-corrected chi connectivity index (χ1v) is 14.7. The van der Waals surface area contributed by atoms with Crippen LogP contribution in [0.1, 0.15) is 46.4 Å². The van der Waals surface area contributed by atoms with Crippen LogP contribution in [0.15, 0.2) is 78.9 Å². The number of fused-ring (bicyclic) bond motifs is 13. The molecule has 0 radical (unpaired) electrons. The molecule has 2 aromatic heterocycles. The van der Waals surface area contributed by atoms with Crippen LogP contribution in [0.25, 0.3) is 43.6 Å². The molecule has 43 heavy (non-hydrogen) atoms. The number of nitrogens with zero attached hydrogens (tertiary/aromatic N) is 3. The van der Waals surface area contributed by atoms with Crippen molar-refractivity contribution < 1.29 is 19.1 Å². The highest BCUT2D eigenvalue weighted by atomic mass is 16.6. The fraction of sp³-hybridized carbons (Fsp3) is 0.257. The number of amides is 2. The van der Waals surface area contributed by atoms with Crippen molar-refractivity contribution in [1.82, 2.24) is 19.4 Å². The smallest absolute Gasteiger partial charge is 0.254 e. The number of aromatic nitrogens is 2. The van der Waals surface area contributed by atoms with E-state index in [0.717, 1.165) is 54.7 Å². The Morgan fingerprint density at radius 1 is 0.930 bits per heavy atom. The molecular weight excluding hydrogens is 540 g/mol. The lowest BCUT2D eigenvalue weighted by Gasteiger charge is -2.45. The van der Waals surface area contributed by atoms with E-state index in [-0.39, 0.29) is 11.8 Å². The van der Waals surface area contributed by atoms with Crippen molar-refractivity contribution in [2.24, 2.45) is 0 Å². The van der Waals surface area contributed by atoms with E-state index in [1.807, 2.05) is 61.6 Å². The molecule has 8 nitrogen and oxygen atoms in total. The van der Waals surface area contributed by atoms with E-state index in [1.165, 1.54) is 0 Å². The molecule has 1 N–H and O–H groups in total. The summed E-state index contributed by atoms with van der Waals surface area (Å²) in [6.07, 6.45) is -0.612. The predicted molar refractivity (Wildman–Crippen MR) is 165 cm³/mol. The minimum Gasteiger partial charge on any atom is -0.371 e. The molecule has 3 aliphatic heterocycles. The largest absolute Gasteiger partial charge is 0.371 e. The molecule has 3 aliphatic rings. The van der Waals surface area contributed by atoms with Crippen LogP contribution < -0.4 is 5.32 Å². The summed E-state index contributed by atoms with van der Waals surface area (Å²) in [4.78, 5) is 29.5. The van der Waals surface area contributed by atoms with Crippen molar-refractivity contribution in [3.8, 4) is 0 Å². The van der Waals surface area contributed by atoms with E-state index in [1.54, 1.807) is 12.0 Å². The van der Waals surface area contributed by atoms with Gasteiger partial charge in [0, 0.05) is 47.8 Å². The van der Waals surface area contributed by atoms with Crippen LogP contribution in [-0.2, 0) is 21.7 Å². The number of rotatable bonds is 3. The Morgan fingerprint density at radius 3 is 2.30 bits per heavy atom. The van der Waals surface area contributed by atoms with Crippen LogP contribution >= 0.6 is 0 Å². The molecule has 5 heterocycles. The maximum Gasteiger partial charge on any atom is 0.254 e. The van der Waals surface area contributed by atoms with Gasteiger partial charge in [-0.3, -0.25) is 9.59 Å². The van der Waals surface area contributed by atoms with Crippen molar-refractivity contribution >= 4 is 55.4 Å². The molecule has 1 fully saturated rings. The van der Waals surface area contributed by atoms with Gasteiger partial charge in [0.05, 0.1) is 27.6 Å². The van der Waals surface area contributed by atoms with Gasteiger partial charge in [-0.05, 0) is 43.7 Å². The van der Waals surface area contributed by atoms with Crippen LogP contribution in [0, 0.1) is 0 Å². The lowest BCUT2D eigenvalue weighted by atomic mass is 9.85. The van der Waals surface area contributed by atoms with Gasteiger partial charge in [0.25, 0.3) is 11.8 Å². The average Bonchev–Trinajstić information content (AvgIpc) is 3.72. The third-order valence-corrected chi connectivity index (χ3v) is 10.5. The molecule has 9 rings (SSSR count). The highest BCUT2D eigenvalue weighted by Gasteiger charge is 2.67. The maximum atomic E-state index is 14.1. The van der Waals surface area contributed by atoms with Gasteiger partial charge in [-0.25, -0.2) is 0 Å². The normalized spacial score (nSPS) is 25.6. The summed E-state index contributed by atoms with van der Waals surface area (Å²) < 4.78 is 18.3. The second-order valence-electron chi connectivity index (χ2n) is 12.3. The zero-order chi connectivity index (χ0) is 29.4. The third-order valence-electron chi connectivity index (χ3n) is 10.5. The second kappa shape index (κ2) is 8.03. The van der Waals surface area contributed by atoms with Gasteiger partial charge in [-0.2, -0.15) is 0 Å². The Hall–Kier alpha value is -4.66. The monoisotopic (exact) mass is 570 g/mol. The Morgan fingerprint density at radius 2 is 1.58 bits per heavy atom. The van der Waals surface area contributed by atoms with E-state index in [4.69, 9.17) is 9.47 Å². The first-order valence-electron chi connectivity index (χ1n) is 14.7. The Labute approximate surface area is 247 Å². The number of ether oxygens (including phenoxy) is 2. The number of carbonyl (C=O) groups is 2. The maximum absolute atomic E-state index is 14.1. The lowest BCUT2D eigenvalue weighted by Crippen LogP contribution is -2.60. The van der Waals surface area contributed by atoms with Gasteiger partial charge >= 0.3 is 0 Å². The summed E-state index contributed by atoms with van der Waals surface area (Å²) in [5, 5.41) is 7.14. The number of benzene rings is 4. The number of methoxy groups -OCH3 is 1. The molecule has 1 saturated heterocycles. The fourth-order valence-electron chi connectivity index (χ4n) is 8.40. The molecule has 2 bridgehead atoms. The van der Waals surface area contributed by atoms with Gasteiger partial charge in [-0.1, -0.05) is 54.6 Å². The summed E-state index contributed by atoms with van der Waals surface area (Å²) >= 11 is 0. The van der Waals surface area contributed by atoms with Gasteiger partial charge in [0.1, 0.15) is 11.6 Å². The topological polar surface area (TPSA) is 77.7 Å². The van der Waals surface area contributed by atoms with E-state index in [9.17, 15) is 9.59 Å². The average molecular weight is 571 g/mol. The summed E-state index contributed by atoms with van der Waals surface area (Å²) in [6, 6.07) is 25.3. The van der Waals surface area contributed by atoms with E-state index < -0.39 is 23.6 Å². The number of nitrogens with one attached hydrogen (secondary N) is 1. The van der Waals surface area contributed by atoms with Gasteiger partial charge in [0.2, 0.25) is 0 Å². The fourth-order valence-corrected chi connectivity index (χ4v) is 8.40. The van der Waals surface area contributed by atoms with E-state index >= 15 is 0 Å². The molecule has 4 aromatic carbocycles. The zero-order valence-electron chi connectivity index (χ0n) is 24.3. The number of carbonyl (C=O) groups excluding carboxylic acids is 2. The van der Waals surface area contributed by atoms with Gasteiger partial charge in [0.15, 0.2) is 12.0 Å². The first-order chi connectivity index (χ1) is 20.8. The highest BCUT2D eigenvalue weighted by molar-refractivity contribution is 6.31. The minimum absolute atomic E-state index is 0.0622. The van der Waals surface area contributed by atoms with Gasteiger partial charge < -0.3 is 28.8 Å². The second-order valence-corrected chi connectivity index (χ2v) is 12.3. The van der Waals surface area contributed by atoms with Crippen molar-refractivity contribution in [1.29, 1.82) is 0 Å². The van der Waals surface area contributed by atoms with E-state index in [0.29, 0.717) is 12.1 Å². The van der Waals surface area contributed by atoms with Crippen LogP contribution in [0.3, 0.4) is 0 Å². The number of para-hydroxylation sites is 2. The van der Waals surface area contributed by atoms with Crippen molar-refractivity contribution in [2.45, 2.75) is 44.0 Å². The number of hydrogen-bond donors (Lipinski definition) is 1. The first kappa shape index (κ1) is 24.9. The standard InChI is InChI=1S/C35H30N4O4/c1-34(42-4)30(37(3)32(41)19-12-6-5-7-13-19)33-38-23-16-10-8-14-20(23)26-27-22(18-36-31(27)40)25-21-15-9-11-17-24(21)39(29(25)28(26)38)35(34,2)43-33/h5-17,30,33H,18H2,1-4H3,(H,36,40)/t30-,33+,34+,35+/m0/s1. The van der Waals surface area contributed by atoms with Crippen LogP contribution in [0.2, 0.25) is 0 Å². The summed E-state index contributed by atoms with van der Waals surface area (Å²) in [7, 11) is 3.54. The zero-order valence-corrected chi connectivity index (χ0v) is 24.3. The molecule has 2 amide bonds. The van der Waals surface area contributed by atoms with Crippen molar-refractivity contribution in [3.05, 3.63) is 95.6 Å². The molecule has 8 heteroatoms. The molecule has 0 saturated carbocycles. The number of likely N-dealkylation sites (N-methyl/N-ethyl adjacent to an activating group) is 1. The summed E-state index contributed by atoms with van der Waals surface area (Å²) in [6.45, 7) is 4.60. The number of hydrogen-bond acceptors (Lipinski definition) is 4. The predicted octanol–water partition coefficient (Wildman–Crippen LogP) is 5.91. The quantitative estimate of drug-likeness (QED) is 0.287. The Balaban J connectivity index is 1.49.